The molecule has 1 aliphatic heterocycles. The minimum absolute atomic E-state index is 0.00502. The van der Waals surface area contributed by atoms with E-state index < -0.39 is 5.97 Å². The number of rotatable bonds is 9. The van der Waals surface area contributed by atoms with Gasteiger partial charge in [0.15, 0.2) is 0 Å². The van der Waals surface area contributed by atoms with Gasteiger partial charge in [0.1, 0.15) is 12.1 Å². The molecule has 1 N–H and O–H groups in total. The Kier molecular flexibility index (Phi) is 7.29. The van der Waals surface area contributed by atoms with Gasteiger partial charge in [0.2, 0.25) is 5.91 Å². The highest BCUT2D eigenvalue weighted by Gasteiger charge is 2.76. The van der Waals surface area contributed by atoms with Crippen LogP contribution in [-0.2, 0) is 14.3 Å². The van der Waals surface area contributed by atoms with Gasteiger partial charge in [-0.1, -0.05) is 60.8 Å². The molecule has 0 aromatic heterocycles. The van der Waals surface area contributed by atoms with Crippen LogP contribution in [0.4, 0.5) is 0 Å². The quantitative estimate of drug-likeness (QED) is 0.338. The Hall–Kier alpha value is -1.10. The molecule has 0 bridgehead atoms. The maximum absolute atomic E-state index is 12.7. The zero-order chi connectivity index (χ0) is 26.8. The third kappa shape index (κ3) is 4.38. The van der Waals surface area contributed by atoms with E-state index in [4.69, 9.17) is 4.74 Å². The molecule has 5 rings (SSSR count). The summed E-state index contributed by atoms with van der Waals surface area (Å²) in [6.45, 7) is 14.1. The molecule has 5 fully saturated rings. The summed E-state index contributed by atoms with van der Waals surface area (Å²) in [5.41, 5.74) is 0.494. The number of hydrogen-bond donors (Lipinski definition) is 1. The first-order valence-corrected chi connectivity index (χ1v) is 15.7. The van der Waals surface area contributed by atoms with Crippen LogP contribution in [-0.4, -0.2) is 46.2 Å². The Balaban J connectivity index is 1.31. The molecule has 210 valence electrons. The van der Waals surface area contributed by atoms with Crippen molar-refractivity contribution in [2.24, 2.45) is 46.3 Å². The van der Waals surface area contributed by atoms with Crippen molar-refractivity contribution < 1.29 is 19.4 Å². The van der Waals surface area contributed by atoms with Gasteiger partial charge in [0.25, 0.3) is 0 Å². The first kappa shape index (κ1) is 27.5. The molecule has 0 aromatic carbocycles. The average molecular weight is 516 g/mol. The topological polar surface area (TPSA) is 70.1 Å². The van der Waals surface area contributed by atoms with Gasteiger partial charge in [-0.25, -0.2) is 0 Å². The highest BCUT2D eigenvalue weighted by atomic mass is 16.6. The summed E-state index contributed by atoms with van der Waals surface area (Å²) in [5, 5.41) is 9.49. The van der Waals surface area contributed by atoms with Gasteiger partial charge in [-0.2, -0.15) is 0 Å². The summed E-state index contributed by atoms with van der Waals surface area (Å²) in [6.07, 6.45) is 14.2. The van der Waals surface area contributed by atoms with Gasteiger partial charge < -0.3 is 14.7 Å². The Bertz CT molecular complexity index is 888. The van der Waals surface area contributed by atoms with Crippen LogP contribution in [0.5, 0.6) is 0 Å². The zero-order valence-electron chi connectivity index (χ0n) is 24.4. The minimum Gasteiger partial charge on any atom is -0.480 e. The van der Waals surface area contributed by atoms with Crippen molar-refractivity contribution in [2.45, 2.75) is 136 Å². The van der Waals surface area contributed by atoms with Gasteiger partial charge in [0.05, 0.1) is 6.10 Å². The van der Waals surface area contributed by atoms with Crippen LogP contribution in [0.3, 0.4) is 0 Å². The number of carbonyl (C=O) groups is 2. The van der Waals surface area contributed by atoms with Gasteiger partial charge in [0, 0.05) is 17.9 Å². The van der Waals surface area contributed by atoms with E-state index >= 15 is 0 Å². The monoisotopic (exact) mass is 515 g/mol. The van der Waals surface area contributed by atoms with Crippen molar-refractivity contribution in [3.63, 3.8) is 0 Å². The number of hydrogen-bond acceptors (Lipinski definition) is 3. The maximum atomic E-state index is 12.7. The molecule has 0 aromatic rings. The molecule has 10 atom stereocenters. The predicted molar refractivity (Wildman–Crippen MR) is 146 cm³/mol. The molecule has 5 aliphatic rings. The van der Waals surface area contributed by atoms with Crippen LogP contribution in [0.2, 0.25) is 0 Å². The summed E-state index contributed by atoms with van der Waals surface area (Å²) in [6, 6.07) is -0.00502. The molecule has 0 radical (unpaired) electrons. The standard InChI is InChI=1S/C32H53NO4/c1-7-28(34)33(19-29(35)36)22-13-16-31(6)26-14-15-30(5)24(21(4)10-8-9-20(2)3)11-12-25(30)23(26)17-27-32(31,18-22)37-27/h20-27H,7-19H2,1-6H3,(H,35,36)/t21-,22+,23+,24-,25+,26+,27-,30-,31-,32?/m1/s1. The fourth-order valence-electron chi connectivity index (χ4n) is 10.7. The third-order valence-electron chi connectivity index (χ3n) is 12.6. The SMILES string of the molecule is CCC(=O)N(CC(=O)O)[C@H]1CC[C@]2(C)[C@H]3CC[C@]4(C)[C@@H]([C@H](C)CCCC(C)C)CC[C@H]4[C@@H]3C[C@H]3OC32C1. The fraction of sp³-hybridized carbons (Fsp3) is 0.938. The van der Waals surface area contributed by atoms with Gasteiger partial charge in [-0.3, -0.25) is 9.59 Å². The number of nitrogens with zero attached hydrogens (tertiary/aromatic N) is 1. The number of fused-ring (bicyclic) bond motifs is 4. The number of carbonyl (C=O) groups excluding carboxylic acids is 1. The normalized spacial score (nSPS) is 44.8. The van der Waals surface area contributed by atoms with E-state index in [0.29, 0.717) is 23.9 Å². The largest absolute Gasteiger partial charge is 0.480 e. The molecular weight excluding hydrogens is 462 g/mol. The molecule has 5 nitrogen and oxygen atoms in total. The third-order valence-corrected chi connectivity index (χ3v) is 12.6. The number of epoxide rings is 1. The number of carboxylic acids is 1. The summed E-state index contributed by atoms with van der Waals surface area (Å²) in [7, 11) is 0. The Morgan fingerprint density at radius 3 is 2.46 bits per heavy atom. The highest BCUT2D eigenvalue weighted by molar-refractivity contribution is 5.81. The molecule has 5 heteroatoms. The van der Waals surface area contributed by atoms with Gasteiger partial charge >= 0.3 is 5.97 Å². The highest BCUT2D eigenvalue weighted by Crippen LogP contribution is 2.74. The van der Waals surface area contributed by atoms with Crippen LogP contribution in [0.25, 0.3) is 0 Å². The average Bonchev–Trinajstić information content (AvgIpc) is 3.42. The van der Waals surface area contributed by atoms with Crippen molar-refractivity contribution in [3.8, 4) is 0 Å². The second kappa shape index (κ2) is 9.82. The Morgan fingerprint density at radius 1 is 1.03 bits per heavy atom. The molecular formula is C32H53NO4. The Morgan fingerprint density at radius 2 is 1.78 bits per heavy atom. The lowest BCUT2D eigenvalue weighted by Gasteiger charge is -2.60. The smallest absolute Gasteiger partial charge is 0.323 e. The number of ether oxygens (including phenoxy) is 1. The lowest BCUT2D eigenvalue weighted by molar-refractivity contribution is -0.150. The Labute approximate surface area is 225 Å². The van der Waals surface area contributed by atoms with E-state index in [0.717, 1.165) is 48.9 Å². The molecule has 1 unspecified atom stereocenters. The van der Waals surface area contributed by atoms with E-state index in [1.165, 1.54) is 51.4 Å². The van der Waals surface area contributed by atoms with Crippen molar-refractivity contribution in [2.75, 3.05) is 6.54 Å². The van der Waals surface area contributed by atoms with Crippen molar-refractivity contribution in [3.05, 3.63) is 0 Å². The van der Waals surface area contributed by atoms with Crippen LogP contribution < -0.4 is 0 Å². The van der Waals surface area contributed by atoms with Gasteiger partial charge in [-0.05, 0) is 92.3 Å². The van der Waals surface area contributed by atoms with Crippen LogP contribution in [0.1, 0.15) is 119 Å². The van der Waals surface area contributed by atoms with Crippen LogP contribution in [0, 0.1) is 46.3 Å². The first-order chi connectivity index (χ1) is 17.5. The molecule has 4 aliphatic carbocycles. The molecule has 1 heterocycles. The summed E-state index contributed by atoms with van der Waals surface area (Å²) in [4.78, 5) is 25.9. The fourth-order valence-corrected chi connectivity index (χ4v) is 10.7. The summed E-state index contributed by atoms with van der Waals surface area (Å²) in [5.74, 6) is 3.85. The molecule has 4 saturated carbocycles. The molecule has 37 heavy (non-hydrogen) atoms. The van der Waals surface area contributed by atoms with E-state index in [-0.39, 0.29) is 29.5 Å². The second-order valence-electron chi connectivity index (χ2n) is 14.7. The maximum Gasteiger partial charge on any atom is 0.323 e. The molecule has 1 spiro atoms. The predicted octanol–water partition coefficient (Wildman–Crippen LogP) is 6.93. The van der Waals surface area contributed by atoms with Crippen molar-refractivity contribution in [1.82, 2.24) is 4.90 Å². The zero-order valence-corrected chi connectivity index (χ0v) is 24.4. The second-order valence-corrected chi connectivity index (χ2v) is 14.7. The molecule has 1 amide bonds. The van der Waals surface area contributed by atoms with Crippen LogP contribution in [0.15, 0.2) is 0 Å². The lowest BCUT2D eigenvalue weighted by Crippen LogP contribution is -2.60. The van der Waals surface area contributed by atoms with E-state index in [1.807, 2.05) is 6.92 Å². The lowest BCUT2D eigenvalue weighted by atomic mass is 9.44. The van der Waals surface area contributed by atoms with E-state index in [9.17, 15) is 14.7 Å². The number of amides is 1. The molecule has 1 saturated heterocycles. The van der Waals surface area contributed by atoms with Gasteiger partial charge in [-0.15, -0.1) is 0 Å². The first-order valence-electron chi connectivity index (χ1n) is 15.7. The van der Waals surface area contributed by atoms with Crippen molar-refractivity contribution >= 4 is 11.9 Å². The van der Waals surface area contributed by atoms with Crippen molar-refractivity contribution in [1.29, 1.82) is 0 Å². The van der Waals surface area contributed by atoms with E-state index in [2.05, 4.69) is 34.6 Å². The number of carboxylic acid groups (broad SMARTS) is 1. The van der Waals surface area contributed by atoms with Crippen LogP contribution >= 0.6 is 0 Å². The minimum atomic E-state index is -0.912. The summed E-state index contributed by atoms with van der Waals surface area (Å²) < 4.78 is 6.71. The van der Waals surface area contributed by atoms with E-state index in [1.54, 1.807) is 4.90 Å². The summed E-state index contributed by atoms with van der Waals surface area (Å²) >= 11 is 0. The number of aliphatic carboxylic acids is 1.